The van der Waals surface area contributed by atoms with Gasteiger partial charge in [-0.2, -0.15) is 0 Å². The van der Waals surface area contributed by atoms with Crippen molar-refractivity contribution in [2.24, 2.45) is 16.6 Å². The highest BCUT2D eigenvalue weighted by atomic mass is 127. The number of alkyl carbamates (subject to hydrolysis) is 1. The van der Waals surface area contributed by atoms with Gasteiger partial charge in [0.15, 0.2) is 5.96 Å². The Kier molecular flexibility index (Phi) is 11.2. The predicted molar refractivity (Wildman–Crippen MR) is 110 cm³/mol. The minimum absolute atomic E-state index is 0. The summed E-state index contributed by atoms with van der Waals surface area (Å²) < 4.78 is 4.92. The van der Waals surface area contributed by atoms with E-state index in [1.165, 1.54) is 0 Å². The van der Waals surface area contributed by atoms with E-state index < -0.39 is 6.09 Å². The number of amides is 1. The molecule has 0 aliphatic carbocycles. The van der Waals surface area contributed by atoms with Crippen LogP contribution in [0.15, 0.2) is 29.3 Å². The number of guanidine groups is 1. The molecule has 1 aromatic carbocycles. The van der Waals surface area contributed by atoms with Crippen LogP contribution < -0.4 is 16.4 Å². The number of ether oxygens (including phenoxy) is 1. The highest BCUT2D eigenvalue weighted by molar-refractivity contribution is 14.0. The largest absolute Gasteiger partial charge is 0.450 e. The monoisotopic (exact) mass is 448 g/mol. The number of rotatable bonds is 7. The summed E-state index contributed by atoms with van der Waals surface area (Å²) in [6, 6.07) is 7.78. The van der Waals surface area contributed by atoms with Crippen molar-refractivity contribution < 1.29 is 9.53 Å². The van der Waals surface area contributed by atoms with Crippen molar-refractivity contribution in [3.8, 4) is 0 Å². The zero-order valence-electron chi connectivity index (χ0n) is 14.8. The van der Waals surface area contributed by atoms with E-state index in [2.05, 4.69) is 29.5 Å². The van der Waals surface area contributed by atoms with E-state index in [4.69, 9.17) is 10.5 Å². The summed E-state index contributed by atoms with van der Waals surface area (Å²) in [5.41, 5.74) is 7.96. The molecular formula is C17H29IN4O2. The van der Waals surface area contributed by atoms with E-state index in [0.29, 0.717) is 25.0 Å². The van der Waals surface area contributed by atoms with Crippen LogP contribution in [0.5, 0.6) is 0 Å². The first kappa shape index (κ1) is 22.5. The lowest BCUT2D eigenvalue weighted by atomic mass is 10.0. The number of carbonyl (C=O) groups is 1. The van der Waals surface area contributed by atoms with Crippen LogP contribution in [-0.2, 0) is 4.74 Å². The Morgan fingerprint density at radius 1 is 1.38 bits per heavy atom. The fourth-order valence-corrected chi connectivity index (χ4v) is 2.21. The fraction of sp³-hybridized carbons (Fsp3) is 0.529. The number of nitrogens with one attached hydrogen (secondary N) is 2. The average Bonchev–Trinajstić information content (AvgIpc) is 2.44. The number of aryl methyl sites for hydroxylation is 1. The quantitative estimate of drug-likeness (QED) is 0.339. The van der Waals surface area contributed by atoms with E-state index in [0.717, 1.165) is 17.7 Å². The van der Waals surface area contributed by atoms with Gasteiger partial charge < -0.3 is 21.1 Å². The van der Waals surface area contributed by atoms with Crippen molar-refractivity contribution in [3.05, 3.63) is 29.8 Å². The van der Waals surface area contributed by atoms with Crippen molar-refractivity contribution in [3.63, 3.8) is 0 Å². The molecule has 0 saturated carbocycles. The second kappa shape index (κ2) is 11.9. The molecule has 0 spiro atoms. The van der Waals surface area contributed by atoms with Crippen molar-refractivity contribution in [2.45, 2.75) is 40.2 Å². The third-order valence-corrected chi connectivity index (χ3v) is 3.13. The van der Waals surface area contributed by atoms with Gasteiger partial charge in [-0.15, -0.1) is 24.0 Å². The molecule has 1 amide bonds. The molecule has 136 valence electrons. The van der Waals surface area contributed by atoms with Crippen LogP contribution in [0.1, 0.15) is 32.8 Å². The summed E-state index contributed by atoms with van der Waals surface area (Å²) in [6.45, 7) is 8.73. The number of anilines is 1. The van der Waals surface area contributed by atoms with Crippen LogP contribution in [0.2, 0.25) is 0 Å². The maximum absolute atomic E-state index is 11.6. The first-order valence-corrected chi connectivity index (χ1v) is 7.97. The van der Waals surface area contributed by atoms with Gasteiger partial charge in [0, 0.05) is 5.69 Å². The number of aliphatic imine (C=N–C) groups is 1. The first-order chi connectivity index (χ1) is 10.9. The van der Waals surface area contributed by atoms with E-state index in [1.54, 1.807) is 6.92 Å². The number of hydrogen-bond acceptors (Lipinski definition) is 3. The third kappa shape index (κ3) is 9.59. The Morgan fingerprint density at radius 2 is 2.08 bits per heavy atom. The standard InChI is InChI=1S/C17H28N4O2.HI/c1-5-23-17(22)21-15(9-12(2)3)11-19-16(18)20-14-8-6-7-13(4)10-14;/h6-8,10,12,15H,5,9,11H2,1-4H3,(H,21,22)(H3,18,19,20);1H. The van der Waals surface area contributed by atoms with E-state index in [1.807, 2.05) is 31.2 Å². The third-order valence-electron chi connectivity index (χ3n) is 3.13. The predicted octanol–water partition coefficient (Wildman–Crippen LogP) is 3.50. The van der Waals surface area contributed by atoms with Crippen LogP contribution in [0.3, 0.4) is 0 Å². The zero-order valence-corrected chi connectivity index (χ0v) is 17.2. The molecule has 0 aliphatic heterocycles. The Hall–Kier alpha value is -1.51. The van der Waals surface area contributed by atoms with Crippen LogP contribution in [0.4, 0.5) is 10.5 Å². The van der Waals surface area contributed by atoms with Gasteiger partial charge in [0.1, 0.15) is 0 Å². The van der Waals surface area contributed by atoms with Gasteiger partial charge in [-0.05, 0) is 43.9 Å². The summed E-state index contributed by atoms with van der Waals surface area (Å²) in [7, 11) is 0. The SMILES string of the molecule is CCOC(=O)NC(CN=C(N)Nc1cccc(C)c1)CC(C)C.I. The van der Waals surface area contributed by atoms with Gasteiger partial charge in [-0.25, -0.2) is 4.79 Å². The second-order valence-corrected chi connectivity index (χ2v) is 5.91. The molecule has 1 rings (SSSR count). The van der Waals surface area contributed by atoms with Crippen molar-refractivity contribution in [1.29, 1.82) is 0 Å². The van der Waals surface area contributed by atoms with Gasteiger partial charge in [0.05, 0.1) is 19.2 Å². The molecule has 0 aliphatic rings. The second-order valence-electron chi connectivity index (χ2n) is 5.91. The molecule has 0 saturated heterocycles. The number of benzene rings is 1. The number of hydrogen-bond donors (Lipinski definition) is 3. The minimum atomic E-state index is -0.418. The van der Waals surface area contributed by atoms with Crippen LogP contribution >= 0.6 is 24.0 Å². The van der Waals surface area contributed by atoms with Gasteiger partial charge in [-0.3, -0.25) is 4.99 Å². The maximum atomic E-state index is 11.6. The first-order valence-electron chi connectivity index (χ1n) is 7.97. The van der Waals surface area contributed by atoms with Gasteiger partial charge in [0.25, 0.3) is 0 Å². The van der Waals surface area contributed by atoms with Crippen LogP contribution in [0, 0.1) is 12.8 Å². The highest BCUT2D eigenvalue weighted by Gasteiger charge is 2.14. The Labute approximate surface area is 161 Å². The summed E-state index contributed by atoms with van der Waals surface area (Å²) in [6.07, 6.45) is 0.388. The van der Waals surface area contributed by atoms with E-state index in [-0.39, 0.29) is 30.0 Å². The normalized spacial score (nSPS) is 12.3. The van der Waals surface area contributed by atoms with E-state index >= 15 is 0 Å². The van der Waals surface area contributed by atoms with Crippen molar-refractivity contribution in [2.75, 3.05) is 18.5 Å². The summed E-state index contributed by atoms with van der Waals surface area (Å²) in [4.78, 5) is 15.9. The summed E-state index contributed by atoms with van der Waals surface area (Å²) in [5.74, 6) is 0.762. The molecular weight excluding hydrogens is 419 g/mol. The van der Waals surface area contributed by atoms with Crippen molar-refractivity contribution in [1.82, 2.24) is 5.32 Å². The van der Waals surface area contributed by atoms with Gasteiger partial charge in [0.2, 0.25) is 0 Å². The fourth-order valence-electron chi connectivity index (χ4n) is 2.21. The summed E-state index contributed by atoms with van der Waals surface area (Å²) >= 11 is 0. The molecule has 1 unspecified atom stereocenters. The summed E-state index contributed by atoms with van der Waals surface area (Å²) in [5, 5.41) is 5.88. The van der Waals surface area contributed by atoms with Crippen LogP contribution in [0.25, 0.3) is 0 Å². The molecule has 0 radical (unpaired) electrons. The maximum Gasteiger partial charge on any atom is 0.407 e. The molecule has 0 heterocycles. The molecule has 0 fully saturated rings. The highest BCUT2D eigenvalue weighted by Crippen LogP contribution is 2.09. The lowest BCUT2D eigenvalue weighted by molar-refractivity contribution is 0.147. The number of nitrogens with zero attached hydrogens (tertiary/aromatic N) is 1. The van der Waals surface area contributed by atoms with Crippen LogP contribution in [-0.4, -0.2) is 31.2 Å². The minimum Gasteiger partial charge on any atom is -0.450 e. The lowest BCUT2D eigenvalue weighted by Crippen LogP contribution is -2.39. The van der Waals surface area contributed by atoms with Gasteiger partial charge in [-0.1, -0.05) is 26.0 Å². The molecule has 6 nitrogen and oxygen atoms in total. The zero-order chi connectivity index (χ0) is 17.2. The molecule has 1 aromatic rings. The lowest BCUT2D eigenvalue weighted by Gasteiger charge is -2.18. The smallest absolute Gasteiger partial charge is 0.407 e. The molecule has 0 aromatic heterocycles. The Morgan fingerprint density at radius 3 is 2.67 bits per heavy atom. The molecule has 24 heavy (non-hydrogen) atoms. The molecule has 4 N–H and O–H groups in total. The van der Waals surface area contributed by atoms with Gasteiger partial charge >= 0.3 is 6.09 Å². The topological polar surface area (TPSA) is 88.7 Å². The average molecular weight is 448 g/mol. The Balaban J connectivity index is 0.00000529. The number of carbonyl (C=O) groups excluding carboxylic acids is 1. The van der Waals surface area contributed by atoms with Crippen molar-refractivity contribution >= 4 is 41.7 Å². The molecule has 7 heteroatoms. The Bertz CT molecular complexity index is 535. The number of halogens is 1. The molecule has 0 bridgehead atoms. The molecule has 1 atom stereocenters. The van der Waals surface area contributed by atoms with E-state index in [9.17, 15) is 4.79 Å². The number of nitrogens with two attached hydrogens (primary N) is 1.